The zero-order valence-electron chi connectivity index (χ0n) is 17.7. The number of nitrogens with one attached hydrogen (secondary N) is 2. The summed E-state index contributed by atoms with van der Waals surface area (Å²) in [6.45, 7) is 0.787. The number of carbonyl (C=O) groups excluding carboxylic acids is 1. The predicted molar refractivity (Wildman–Crippen MR) is 124 cm³/mol. The SMILES string of the molecule is O=C(Nc1ccc(NS(=O)(=O)c2ccc3c(c2)OCCO3)cc1)c1ccc(-n2ccnc2)nc1. The Morgan fingerprint density at radius 3 is 2.41 bits per heavy atom. The molecule has 0 atom stereocenters. The number of anilines is 2. The largest absolute Gasteiger partial charge is 0.486 e. The van der Waals surface area contributed by atoms with Gasteiger partial charge in [-0.1, -0.05) is 0 Å². The Bertz CT molecular complexity index is 1420. The van der Waals surface area contributed by atoms with Gasteiger partial charge in [0.05, 0.1) is 10.5 Å². The molecule has 0 saturated carbocycles. The third kappa shape index (κ3) is 4.55. The van der Waals surface area contributed by atoms with Crippen molar-refractivity contribution in [2.75, 3.05) is 23.3 Å². The van der Waals surface area contributed by atoms with E-state index in [2.05, 4.69) is 20.0 Å². The maximum absolute atomic E-state index is 12.8. The molecule has 34 heavy (non-hydrogen) atoms. The molecule has 172 valence electrons. The maximum atomic E-state index is 12.8. The van der Waals surface area contributed by atoms with E-state index >= 15 is 0 Å². The van der Waals surface area contributed by atoms with Crippen molar-refractivity contribution in [2.45, 2.75) is 4.90 Å². The summed E-state index contributed by atoms with van der Waals surface area (Å²) < 4.78 is 40.6. The van der Waals surface area contributed by atoms with Gasteiger partial charge in [-0.05, 0) is 48.5 Å². The molecular formula is C23H19N5O5S. The van der Waals surface area contributed by atoms with Crippen LogP contribution in [0.1, 0.15) is 10.4 Å². The highest BCUT2D eigenvalue weighted by Gasteiger charge is 2.19. The highest BCUT2D eigenvalue weighted by Crippen LogP contribution is 2.32. The van der Waals surface area contributed by atoms with Crippen molar-refractivity contribution in [3.8, 4) is 17.3 Å². The Morgan fingerprint density at radius 1 is 0.941 bits per heavy atom. The molecule has 0 aliphatic carbocycles. The van der Waals surface area contributed by atoms with Gasteiger partial charge in [0.2, 0.25) is 0 Å². The molecule has 0 bridgehead atoms. The molecule has 0 spiro atoms. The van der Waals surface area contributed by atoms with Gasteiger partial charge in [-0.25, -0.2) is 18.4 Å². The Balaban J connectivity index is 1.24. The number of fused-ring (bicyclic) bond motifs is 1. The quantitative estimate of drug-likeness (QED) is 0.437. The van der Waals surface area contributed by atoms with Gasteiger partial charge >= 0.3 is 0 Å². The van der Waals surface area contributed by atoms with E-state index in [1.807, 2.05) is 0 Å². The smallest absolute Gasteiger partial charge is 0.262 e. The van der Waals surface area contributed by atoms with Crippen LogP contribution in [0.15, 0.2) is 84.4 Å². The number of aromatic nitrogens is 3. The van der Waals surface area contributed by atoms with E-state index in [1.165, 1.54) is 18.3 Å². The van der Waals surface area contributed by atoms with Crippen LogP contribution in [0.4, 0.5) is 11.4 Å². The van der Waals surface area contributed by atoms with Gasteiger partial charge in [0.15, 0.2) is 11.5 Å². The number of imidazole rings is 1. The van der Waals surface area contributed by atoms with Gasteiger partial charge in [-0.15, -0.1) is 0 Å². The monoisotopic (exact) mass is 477 g/mol. The molecule has 2 N–H and O–H groups in total. The predicted octanol–water partition coefficient (Wildman–Crippen LogP) is 3.09. The Morgan fingerprint density at radius 2 is 1.71 bits per heavy atom. The Kier molecular flexibility index (Phi) is 5.60. The minimum absolute atomic E-state index is 0.0563. The average molecular weight is 478 g/mol. The average Bonchev–Trinajstić information content (AvgIpc) is 3.40. The number of pyridine rings is 1. The number of hydrogen-bond donors (Lipinski definition) is 2. The van der Waals surface area contributed by atoms with E-state index in [0.717, 1.165) is 0 Å². The van der Waals surface area contributed by atoms with Crippen LogP contribution in [-0.4, -0.2) is 42.1 Å². The van der Waals surface area contributed by atoms with Gasteiger partial charge in [0.1, 0.15) is 25.4 Å². The van der Waals surface area contributed by atoms with E-state index in [4.69, 9.17) is 9.47 Å². The van der Waals surface area contributed by atoms with Crippen LogP contribution in [-0.2, 0) is 10.0 Å². The third-order valence-electron chi connectivity index (χ3n) is 5.00. The fourth-order valence-corrected chi connectivity index (χ4v) is 4.37. The second-order valence-electron chi connectivity index (χ2n) is 7.32. The molecule has 11 heteroatoms. The highest BCUT2D eigenvalue weighted by molar-refractivity contribution is 7.92. The van der Waals surface area contributed by atoms with Crippen molar-refractivity contribution in [1.82, 2.24) is 14.5 Å². The number of benzene rings is 2. The first kappa shape index (κ1) is 21.5. The molecule has 10 nitrogen and oxygen atoms in total. The van der Waals surface area contributed by atoms with Crippen molar-refractivity contribution < 1.29 is 22.7 Å². The van der Waals surface area contributed by atoms with Crippen LogP contribution >= 0.6 is 0 Å². The maximum Gasteiger partial charge on any atom is 0.262 e. The van der Waals surface area contributed by atoms with E-state index in [1.54, 1.807) is 65.8 Å². The fraction of sp³-hybridized carbons (Fsp3) is 0.0870. The third-order valence-corrected chi connectivity index (χ3v) is 6.38. The van der Waals surface area contributed by atoms with Crippen molar-refractivity contribution in [3.63, 3.8) is 0 Å². The lowest BCUT2D eigenvalue weighted by atomic mass is 10.2. The molecule has 2 aromatic heterocycles. The number of ether oxygens (including phenoxy) is 2. The van der Waals surface area contributed by atoms with Crippen molar-refractivity contribution in [3.05, 3.63) is 85.1 Å². The Hall–Kier alpha value is -4.38. The van der Waals surface area contributed by atoms with Crippen LogP contribution in [0.5, 0.6) is 11.5 Å². The second-order valence-corrected chi connectivity index (χ2v) is 9.00. The lowest BCUT2D eigenvalue weighted by Gasteiger charge is -2.19. The van der Waals surface area contributed by atoms with Crippen LogP contribution in [0, 0.1) is 0 Å². The summed E-state index contributed by atoms with van der Waals surface area (Å²) in [5.41, 5.74) is 1.23. The summed E-state index contributed by atoms with van der Waals surface area (Å²) in [6, 6.07) is 14.2. The van der Waals surface area contributed by atoms with Crippen molar-refractivity contribution in [2.24, 2.45) is 0 Å². The first-order chi connectivity index (χ1) is 16.5. The second kappa shape index (κ2) is 8.87. The summed E-state index contributed by atoms with van der Waals surface area (Å²) in [5.74, 6) is 1.20. The lowest BCUT2D eigenvalue weighted by Crippen LogP contribution is -2.17. The summed E-state index contributed by atoms with van der Waals surface area (Å²) in [5, 5.41) is 2.76. The van der Waals surface area contributed by atoms with E-state index < -0.39 is 10.0 Å². The minimum atomic E-state index is -3.84. The van der Waals surface area contributed by atoms with Crippen LogP contribution < -0.4 is 19.5 Å². The Labute approximate surface area is 195 Å². The first-order valence-corrected chi connectivity index (χ1v) is 11.7. The standard InChI is InChI=1S/C23H19N5O5S/c29-23(16-1-8-22(25-14-16)28-10-9-24-15-28)26-17-2-4-18(5-3-17)27-34(30,31)19-6-7-20-21(13-19)33-12-11-32-20/h1-10,13-15,27H,11-12H2,(H,26,29). The van der Waals surface area contributed by atoms with E-state index in [0.29, 0.717) is 47.5 Å². The number of nitrogens with zero attached hydrogens (tertiary/aromatic N) is 3. The molecular weight excluding hydrogens is 458 g/mol. The topological polar surface area (TPSA) is 124 Å². The molecule has 0 saturated heterocycles. The summed E-state index contributed by atoms with van der Waals surface area (Å²) in [7, 11) is -3.84. The number of amides is 1. The molecule has 4 aromatic rings. The number of hydrogen-bond acceptors (Lipinski definition) is 7. The van der Waals surface area contributed by atoms with Crippen molar-refractivity contribution in [1.29, 1.82) is 0 Å². The molecule has 0 unspecified atom stereocenters. The number of sulfonamides is 1. The fourth-order valence-electron chi connectivity index (χ4n) is 3.30. The zero-order chi connectivity index (χ0) is 23.5. The molecule has 0 radical (unpaired) electrons. The van der Waals surface area contributed by atoms with Crippen LogP contribution in [0.25, 0.3) is 5.82 Å². The summed E-state index contributed by atoms with van der Waals surface area (Å²) >= 11 is 0. The van der Waals surface area contributed by atoms with Gasteiger partial charge in [0.25, 0.3) is 15.9 Å². The number of rotatable bonds is 6. The first-order valence-electron chi connectivity index (χ1n) is 10.3. The number of carbonyl (C=O) groups is 1. The molecule has 0 fully saturated rings. The minimum Gasteiger partial charge on any atom is -0.486 e. The van der Waals surface area contributed by atoms with E-state index in [9.17, 15) is 13.2 Å². The van der Waals surface area contributed by atoms with Gasteiger partial charge in [-0.3, -0.25) is 14.1 Å². The molecule has 1 amide bonds. The molecule has 5 rings (SSSR count). The van der Waals surface area contributed by atoms with Crippen molar-refractivity contribution >= 4 is 27.3 Å². The molecule has 3 heterocycles. The molecule has 2 aromatic carbocycles. The zero-order valence-corrected chi connectivity index (χ0v) is 18.5. The lowest BCUT2D eigenvalue weighted by molar-refractivity contribution is 0.102. The normalized spacial score (nSPS) is 12.7. The highest BCUT2D eigenvalue weighted by atomic mass is 32.2. The summed E-state index contributed by atoms with van der Waals surface area (Å²) in [4.78, 5) is 20.8. The van der Waals surface area contributed by atoms with Gasteiger partial charge in [-0.2, -0.15) is 0 Å². The summed E-state index contributed by atoms with van der Waals surface area (Å²) in [6.07, 6.45) is 6.49. The van der Waals surface area contributed by atoms with E-state index in [-0.39, 0.29) is 10.8 Å². The van der Waals surface area contributed by atoms with Gasteiger partial charge < -0.3 is 14.8 Å². The van der Waals surface area contributed by atoms with Crippen LogP contribution in [0.3, 0.4) is 0 Å². The van der Waals surface area contributed by atoms with Gasteiger partial charge in [0, 0.05) is 36.0 Å². The molecule has 1 aliphatic rings. The van der Waals surface area contributed by atoms with Crippen LogP contribution in [0.2, 0.25) is 0 Å². The molecule has 1 aliphatic heterocycles.